The Kier molecular flexibility index (Phi) is 1.78. The lowest BCUT2D eigenvalue weighted by atomic mass is 10.3. The van der Waals surface area contributed by atoms with Crippen molar-refractivity contribution < 1.29 is 9.90 Å². The van der Waals surface area contributed by atoms with Crippen LogP contribution in [0, 0.1) is 0 Å². The van der Waals surface area contributed by atoms with Crippen LogP contribution < -0.4 is 5.73 Å². The molecule has 0 saturated carbocycles. The predicted octanol–water partition coefficient (Wildman–Crippen LogP) is 0.663. The summed E-state index contributed by atoms with van der Waals surface area (Å²) in [5, 5.41) is 12.9. The standard InChI is InChI=1S/C7H5ClN4O2/c8-4-2-11-12-5(9)3(7(13)14)1-10-6(4)12/h1-2H,9H2,(H,13,14). The van der Waals surface area contributed by atoms with Crippen LogP contribution in [-0.4, -0.2) is 25.7 Å². The highest BCUT2D eigenvalue weighted by molar-refractivity contribution is 6.33. The third-order valence-electron chi connectivity index (χ3n) is 1.75. The van der Waals surface area contributed by atoms with Crippen LogP contribution in [0.2, 0.25) is 5.02 Å². The van der Waals surface area contributed by atoms with Crippen molar-refractivity contribution in [1.82, 2.24) is 14.6 Å². The number of fused-ring (bicyclic) bond motifs is 1. The maximum absolute atomic E-state index is 10.7. The Morgan fingerprint density at radius 2 is 2.29 bits per heavy atom. The second kappa shape index (κ2) is 2.85. The van der Waals surface area contributed by atoms with Crippen LogP contribution in [-0.2, 0) is 0 Å². The molecule has 2 aromatic rings. The molecule has 0 bridgehead atoms. The molecule has 2 aromatic heterocycles. The molecule has 0 amide bonds. The van der Waals surface area contributed by atoms with Gasteiger partial charge in [-0.2, -0.15) is 9.61 Å². The van der Waals surface area contributed by atoms with E-state index in [0.29, 0.717) is 10.7 Å². The van der Waals surface area contributed by atoms with E-state index in [1.165, 1.54) is 10.7 Å². The number of nitrogens with two attached hydrogens (primary N) is 1. The van der Waals surface area contributed by atoms with Crippen LogP contribution >= 0.6 is 11.6 Å². The molecule has 0 aromatic carbocycles. The van der Waals surface area contributed by atoms with Crippen LogP contribution in [0.25, 0.3) is 5.65 Å². The zero-order chi connectivity index (χ0) is 10.3. The van der Waals surface area contributed by atoms with Crippen molar-refractivity contribution >= 4 is 29.0 Å². The van der Waals surface area contributed by atoms with E-state index in [1.54, 1.807) is 0 Å². The number of carbonyl (C=O) groups is 1. The first-order chi connectivity index (χ1) is 6.61. The number of aromatic carboxylic acids is 1. The van der Waals surface area contributed by atoms with Crippen molar-refractivity contribution in [2.45, 2.75) is 0 Å². The Hall–Kier alpha value is -1.82. The summed E-state index contributed by atoms with van der Waals surface area (Å²) >= 11 is 5.73. The number of hydrogen-bond acceptors (Lipinski definition) is 4. The molecule has 2 rings (SSSR count). The fourth-order valence-corrected chi connectivity index (χ4v) is 1.26. The lowest BCUT2D eigenvalue weighted by Crippen LogP contribution is -2.09. The number of anilines is 1. The van der Waals surface area contributed by atoms with Crippen LogP contribution in [0.15, 0.2) is 12.4 Å². The normalized spacial score (nSPS) is 10.6. The van der Waals surface area contributed by atoms with Gasteiger partial charge in [-0.05, 0) is 0 Å². The topological polar surface area (TPSA) is 93.5 Å². The number of rotatable bonds is 1. The van der Waals surface area contributed by atoms with Gasteiger partial charge in [0.2, 0.25) is 0 Å². The predicted molar refractivity (Wildman–Crippen MR) is 49.4 cm³/mol. The van der Waals surface area contributed by atoms with Gasteiger partial charge in [0, 0.05) is 6.20 Å². The lowest BCUT2D eigenvalue weighted by Gasteiger charge is -2.01. The molecule has 72 valence electrons. The number of hydrogen-bond donors (Lipinski definition) is 2. The molecule has 0 saturated heterocycles. The molecular formula is C7H5ClN4O2. The van der Waals surface area contributed by atoms with E-state index < -0.39 is 5.97 Å². The second-order valence-corrected chi connectivity index (χ2v) is 3.00. The largest absolute Gasteiger partial charge is 0.477 e. The molecule has 2 heterocycles. The van der Waals surface area contributed by atoms with Gasteiger partial charge in [0.25, 0.3) is 0 Å². The minimum Gasteiger partial charge on any atom is -0.477 e. The van der Waals surface area contributed by atoms with E-state index >= 15 is 0 Å². The third-order valence-corrected chi connectivity index (χ3v) is 2.02. The molecule has 0 spiro atoms. The maximum Gasteiger partial charge on any atom is 0.341 e. The van der Waals surface area contributed by atoms with Crippen molar-refractivity contribution in [3.63, 3.8) is 0 Å². The zero-order valence-corrected chi connectivity index (χ0v) is 7.56. The van der Waals surface area contributed by atoms with Crippen LogP contribution in [0.1, 0.15) is 10.4 Å². The van der Waals surface area contributed by atoms with Gasteiger partial charge in [0.1, 0.15) is 16.4 Å². The molecular weight excluding hydrogens is 208 g/mol. The highest BCUT2D eigenvalue weighted by Gasteiger charge is 2.14. The lowest BCUT2D eigenvalue weighted by molar-refractivity contribution is 0.0697. The van der Waals surface area contributed by atoms with Gasteiger partial charge in [0.15, 0.2) is 5.65 Å². The second-order valence-electron chi connectivity index (χ2n) is 2.59. The van der Waals surface area contributed by atoms with Crippen LogP contribution in [0.4, 0.5) is 5.82 Å². The van der Waals surface area contributed by atoms with Crippen molar-refractivity contribution in [1.29, 1.82) is 0 Å². The monoisotopic (exact) mass is 212 g/mol. The summed E-state index contributed by atoms with van der Waals surface area (Å²) in [6.07, 6.45) is 2.51. The van der Waals surface area contributed by atoms with Gasteiger partial charge >= 0.3 is 5.97 Å². The zero-order valence-electron chi connectivity index (χ0n) is 6.81. The molecule has 14 heavy (non-hydrogen) atoms. The Morgan fingerprint density at radius 1 is 1.57 bits per heavy atom. The van der Waals surface area contributed by atoms with Gasteiger partial charge in [-0.1, -0.05) is 11.6 Å². The molecule has 7 heteroatoms. The van der Waals surface area contributed by atoms with E-state index in [4.69, 9.17) is 22.4 Å². The molecule has 3 N–H and O–H groups in total. The van der Waals surface area contributed by atoms with Crippen molar-refractivity contribution in [2.75, 3.05) is 5.73 Å². The number of carboxylic acids is 1. The van der Waals surface area contributed by atoms with Gasteiger partial charge < -0.3 is 10.8 Å². The molecule has 0 atom stereocenters. The summed E-state index contributed by atoms with van der Waals surface area (Å²) < 4.78 is 1.19. The minimum atomic E-state index is -1.15. The number of nitrogen functional groups attached to an aromatic ring is 1. The van der Waals surface area contributed by atoms with E-state index in [0.717, 1.165) is 6.20 Å². The fraction of sp³-hybridized carbons (Fsp3) is 0. The summed E-state index contributed by atoms with van der Waals surface area (Å²) in [7, 11) is 0. The first kappa shape index (κ1) is 8.76. The van der Waals surface area contributed by atoms with E-state index in [-0.39, 0.29) is 11.4 Å². The van der Waals surface area contributed by atoms with E-state index in [2.05, 4.69) is 10.1 Å². The number of carboxylic acid groups (broad SMARTS) is 1. The van der Waals surface area contributed by atoms with Crippen molar-refractivity contribution in [3.05, 3.63) is 23.0 Å². The van der Waals surface area contributed by atoms with E-state index in [1.807, 2.05) is 0 Å². The first-order valence-electron chi connectivity index (χ1n) is 3.62. The molecule has 0 fully saturated rings. The summed E-state index contributed by atoms with van der Waals surface area (Å²) in [5.74, 6) is -1.14. The van der Waals surface area contributed by atoms with Gasteiger partial charge in [-0.3, -0.25) is 0 Å². The fourth-order valence-electron chi connectivity index (χ4n) is 1.09. The van der Waals surface area contributed by atoms with Crippen molar-refractivity contribution in [2.24, 2.45) is 0 Å². The number of nitrogens with zero attached hydrogens (tertiary/aromatic N) is 3. The molecule has 0 unspecified atom stereocenters. The Balaban J connectivity index is 2.82. The van der Waals surface area contributed by atoms with Gasteiger partial charge in [-0.15, -0.1) is 0 Å². The summed E-state index contributed by atoms with van der Waals surface area (Å²) in [6, 6.07) is 0. The highest BCUT2D eigenvalue weighted by atomic mass is 35.5. The SMILES string of the molecule is Nc1c(C(=O)O)cnc2c(Cl)cnn12. The van der Waals surface area contributed by atoms with Crippen molar-refractivity contribution in [3.8, 4) is 0 Å². The molecule has 0 aliphatic carbocycles. The van der Waals surface area contributed by atoms with Crippen LogP contribution in [0.3, 0.4) is 0 Å². The molecule has 6 nitrogen and oxygen atoms in total. The quantitative estimate of drug-likeness (QED) is 0.724. The minimum absolute atomic E-state index is 0.00870. The van der Waals surface area contributed by atoms with E-state index in [9.17, 15) is 4.79 Å². The summed E-state index contributed by atoms with van der Waals surface area (Å²) in [4.78, 5) is 14.5. The average molecular weight is 213 g/mol. The van der Waals surface area contributed by atoms with Crippen LogP contribution in [0.5, 0.6) is 0 Å². The summed E-state index contributed by atoms with van der Waals surface area (Å²) in [6.45, 7) is 0. The summed E-state index contributed by atoms with van der Waals surface area (Å²) in [5.41, 5.74) is 5.80. The maximum atomic E-state index is 10.7. The molecule has 0 radical (unpaired) electrons. The Bertz CT molecular complexity index is 522. The highest BCUT2D eigenvalue weighted by Crippen LogP contribution is 2.18. The van der Waals surface area contributed by atoms with Gasteiger partial charge in [-0.25, -0.2) is 9.78 Å². The Morgan fingerprint density at radius 3 is 2.93 bits per heavy atom. The number of aromatic nitrogens is 3. The first-order valence-corrected chi connectivity index (χ1v) is 4.00. The third kappa shape index (κ3) is 1.08. The average Bonchev–Trinajstić information content (AvgIpc) is 2.49. The number of halogens is 1. The molecule has 0 aliphatic rings. The van der Waals surface area contributed by atoms with Gasteiger partial charge in [0.05, 0.1) is 6.20 Å². The molecule has 0 aliphatic heterocycles. The smallest absolute Gasteiger partial charge is 0.341 e. The Labute approximate surface area is 82.9 Å².